The van der Waals surface area contributed by atoms with Gasteiger partial charge < -0.3 is 5.32 Å². The second kappa shape index (κ2) is 6.15. The molecule has 90 valence electrons. The Kier molecular flexibility index (Phi) is 5.14. The highest BCUT2D eigenvalue weighted by Crippen LogP contribution is 2.37. The smallest absolute Gasteiger partial charge is 0.240 e. The number of rotatable bonds is 5. The van der Waals surface area contributed by atoms with E-state index < -0.39 is 5.41 Å². The normalized spacial score (nSPS) is 20.1. The van der Waals surface area contributed by atoms with E-state index in [2.05, 4.69) is 24.6 Å². The Bertz CT molecular complexity index is 279. The molecular formula is C12H20N2OS. The first kappa shape index (κ1) is 13.4. The van der Waals surface area contributed by atoms with Crippen molar-refractivity contribution >= 4 is 17.7 Å². The summed E-state index contributed by atoms with van der Waals surface area (Å²) in [4.78, 5) is 12.0. The van der Waals surface area contributed by atoms with Crippen molar-refractivity contribution in [1.29, 1.82) is 5.26 Å². The Morgan fingerprint density at radius 3 is 2.69 bits per heavy atom. The molecule has 1 rings (SSSR count). The van der Waals surface area contributed by atoms with E-state index >= 15 is 0 Å². The molecule has 1 fully saturated rings. The monoisotopic (exact) mass is 240 g/mol. The molecule has 1 amide bonds. The van der Waals surface area contributed by atoms with E-state index in [-0.39, 0.29) is 5.91 Å². The molecule has 1 unspecified atom stereocenters. The predicted octanol–water partition coefficient (Wildman–Crippen LogP) is 2.19. The summed E-state index contributed by atoms with van der Waals surface area (Å²) < 4.78 is 0. The number of nitriles is 1. The van der Waals surface area contributed by atoms with Gasteiger partial charge in [0.15, 0.2) is 0 Å². The van der Waals surface area contributed by atoms with Gasteiger partial charge in [0.25, 0.3) is 0 Å². The van der Waals surface area contributed by atoms with Gasteiger partial charge in [0, 0.05) is 6.54 Å². The Morgan fingerprint density at radius 2 is 2.19 bits per heavy atom. The minimum Gasteiger partial charge on any atom is -0.354 e. The number of hydrogen-bond donors (Lipinski definition) is 1. The van der Waals surface area contributed by atoms with E-state index in [0.29, 0.717) is 12.5 Å². The molecular weight excluding hydrogens is 220 g/mol. The summed E-state index contributed by atoms with van der Waals surface area (Å²) in [5.41, 5.74) is -0.723. The van der Waals surface area contributed by atoms with Crippen molar-refractivity contribution in [2.75, 3.05) is 18.6 Å². The molecule has 0 radical (unpaired) electrons. The van der Waals surface area contributed by atoms with Crippen LogP contribution in [0.2, 0.25) is 0 Å². The number of hydrogen-bond acceptors (Lipinski definition) is 3. The molecule has 3 nitrogen and oxygen atoms in total. The zero-order valence-electron chi connectivity index (χ0n) is 10.1. The molecule has 0 bridgehead atoms. The lowest BCUT2D eigenvalue weighted by Gasteiger charge is -2.20. The Balaban J connectivity index is 2.42. The van der Waals surface area contributed by atoms with Crippen LogP contribution in [0.15, 0.2) is 0 Å². The van der Waals surface area contributed by atoms with E-state index in [1.807, 2.05) is 0 Å². The summed E-state index contributed by atoms with van der Waals surface area (Å²) in [5, 5.41) is 12.1. The van der Waals surface area contributed by atoms with Crippen LogP contribution in [0.25, 0.3) is 0 Å². The van der Waals surface area contributed by atoms with E-state index in [0.717, 1.165) is 31.4 Å². The minimum absolute atomic E-state index is 0.0551. The largest absolute Gasteiger partial charge is 0.354 e. The van der Waals surface area contributed by atoms with Gasteiger partial charge in [-0.15, -0.1) is 0 Å². The molecule has 1 atom stereocenters. The van der Waals surface area contributed by atoms with Crippen molar-refractivity contribution in [1.82, 2.24) is 5.32 Å². The lowest BCUT2D eigenvalue weighted by Crippen LogP contribution is -2.40. The van der Waals surface area contributed by atoms with E-state index in [1.54, 1.807) is 11.8 Å². The molecule has 0 heterocycles. The van der Waals surface area contributed by atoms with Crippen LogP contribution in [-0.4, -0.2) is 24.5 Å². The van der Waals surface area contributed by atoms with Crippen molar-refractivity contribution in [3.05, 3.63) is 0 Å². The molecule has 1 saturated carbocycles. The highest BCUT2D eigenvalue weighted by atomic mass is 32.2. The predicted molar refractivity (Wildman–Crippen MR) is 67.1 cm³/mol. The van der Waals surface area contributed by atoms with Gasteiger partial charge in [-0.1, -0.05) is 19.8 Å². The molecule has 0 aliphatic heterocycles. The molecule has 1 aliphatic carbocycles. The third-order valence-electron chi connectivity index (χ3n) is 3.17. The molecule has 1 aliphatic rings. The Labute approximate surface area is 102 Å². The summed E-state index contributed by atoms with van der Waals surface area (Å²) in [6.45, 7) is 2.80. The average molecular weight is 240 g/mol. The molecule has 1 N–H and O–H groups in total. The molecule has 4 heteroatoms. The van der Waals surface area contributed by atoms with E-state index in [4.69, 9.17) is 5.26 Å². The summed E-state index contributed by atoms with van der Waals surface area (Å²) in [5.74, 6) is 1.45. The Morgan fingerprint density at radius 1 is 1.56 bits per heavy atom. The number of nitrogens with one attached hydrogen (secondary N) is 1. The zero-order valence-corrected chi connectivity index (χ0v) is 10.9. The van der Waals surface area contributed by atoms with Crippen LogP contribution in [0, 0.1) is 22.7 Å². The fourth-order valence-corrected chi connectivity index (χ4v) is 2.83. The van der Waals surface area contributed by atoms with Gasteiger partial charge >= 0.3 is 0 Å². The fourth-order valence-electron chi connectivity index (χ4n) is 2.15. The third kappa shape index (κ3) is 3.15. The van der Waals surface area contributed by atoms with Crippen LogP contribution in [0.3, 0.4) is 0 Å². The minimum atomic E-state index is -0.723. The fraction of sp³-hybridized carbons (Fsp3) is 0.833. The SMILES string of the molecule is CSCC(C)CNC(=O)C1(C#N)CCCC1. The zero-order chi connectivity index (χ0) is 12.0. The van der Waals surface area contributed by atoms with Gasteiger partial charge in [-0.2, -0.15) is 17.0 Å². The van der Waals surface area contributed by atoms with Crippen molar-refractivity contribution < 1.29 is 4.79 Å². The van der Waals surface area contributed by atoms with E-state index in [9.17, 15) is 4.79 Å². The topological polar surface area (TPSA) is 52.9 Å². The lowest BCUT2D eigenvalue weighted by atomic mass is 9.87. The van der Waals surface area contributed by atoms with Crippen LogP contribution in [0.5, 0.6) is 0 Å². The Hall–Kier alpha value is -0.690. The van der Waals surface area contributed by atoms with Crippen molar-refractivity contribution in [2.45, 2.75) is 32.6 Å². The van der Waals surface area contributed by atoms with Gasteiger partial charge in [0.2, 0.25) is 5.91 Å². The van der Waals surface area contributed by atoms with Gasteiger partial charge in [0.05, 0.1) is 6.07 Å². The number of carbonyl (C=O) groups is 1. The first-order chi connectivity index (χ1) is 7.64. The molecule has 0 aromatic heterocycles. The maximum Gasteiger partial charge on any atom is 0.240 e. The number of nitrogens with zero attached hydrogens (tertiary/aromatic N) is 1. The quantitative estimate of drug-likeness (QED) is 0.801. The first-order valence-electron chi connectivity index (χ1n) is 5.83. The number of thioether (sulfide) groups is 1. The highest BCUT2D eigenvalue weighted by Gasteiger charge is 2.41. The molecule has 0 saturated heterocycles. The second-order valence-corrected chi connectivity index (χ2v) is 5.58. The van der Waals surface area contributed by atoms with Crippen LogP contribution in [0.4, 0.5) is 0 Å². The molecule has 0 aromatic carbocycles. The maximum absolute atomic E-state index is 12.0. The standard InChI is InChI=1S/C12H20N2OS/c1-10(8-16-2)7-14-11(15)12(9-13)5-3-4-6-12/h10H,3-8H2,1-2H3,(H,14,15). The lowest BCUT2D eigenvalue weighted by molar-refractivity contribution is -0.128. The van der Waals surface area contributed by atoms with Gasteiger partial charge in [-0.25, -0.2) is 0 Å². The summed E-state index contributed by atoms with van der Waals surface area (Å²) >= 11 is 1.78. The van der Waals surface area contributed by atoms with Gasteiger partial charge in [-0.05, 0) is 30.8 Å². The number of amides is 1. The second-order valence-electron chi connectivity index (χ2n) is 4.67. The van der Waals surface area contributed by atoms with Crippen LogP contribution in [-0.2, 0) is 4.79 Å². The summed E-state index contributed by atoms with van der Waals surface area (Å²) in [6, 6.07) is 2.22. The summed E-state index contributed by atoms with van der Waals surface area (Å²) in [7, 11) is 0. The number of carbonyl (C=O) groups excluding carboxylic acids is 1. The maximum atomic E-state index is 12.0. The van der Waals surface area contributed by atoms with Crippen molar-refractivity contribution in [2.24, 2.45) is 11.3 Å². The molecule has 0 aromatic rings. The average Bonchev–Trinajstić information content (AvgIpc) is 2.76. The van der Waals surface area contributed by atoms with E-state index in [1.165, 1.54) is 0 Å². The van der Waals surface area contributed by atoms with Crippen LogP contribution < -0.4 is 5.32 Å². The van der Waals surface area contributed by atoms with Gasteiger partial charge in [0.1, 0.15) is 5.41 Å². The third-order valence-corrected chi connectivity index (χ3v) is 4.07. The first-order valence-corrected chi connectivity index (χ1v) is 7.22. The van der Waals surface area contributed by atoms with Crippen molar-refractivity contribution in [3.8, 4) is 6.07 Å². The van der Waals surface area contributed by atoms with Crippen LogP contribution in [0.1, 0.15) is 32.6 Å². The highest BCUT2D eigenvalue weighted by molar-refractivity contribution is 7.98. The van der Waals surface area contributed by atoms with Crippen molar-refractivity contribution in [3.63, 3.8) is 0 Å². The van der Waals surface area contributed by atoms with Crippen LogP contribution >= 0.6 is 11.8 Å². The molecule has 16 heavy (non-hydrogen) atoms. The summed E-state index contributed by atoms with van der Waals surface area (Å²) in [6.07, 6.45) is 5.52. The van der Waals surface area contributed by atoms with Gasteiger partial charge in [-0.3, -0.25) is 4.79 Å². The molecule has 0 spiro atoms.